The van der Waals surface area contributed by atoms with Gasteiger partial charge in [0.05, 0.1) is 0 Å². The average Bonchev–Trinajstić information content (AvgIpc) is 2.15. The highest BCUT2D eigenvalue weighted by atomic mass is 19.3. The van der Waals surface area contributed by atoms with Gasteiger partial charge in [-0.2, -0.15) is 0 Å². The Bertz CT molecular complexity index is 326. The lowest BCUT2D eigenvalue weighted by Crippen LogP contribution is -2.09. The average molecular weight is 215 g/mol. The zero-order chi connectivity index (χ0) is 11.4. The van der Waals surface area contributed by atoms with E-state index >= 15 is 0 Å². The second kappa shape index (κ2) is 5.07. The van der Waals surface area contributed by atoms with Crippen LogP contribution in [0.15, 0.2) is 18.2 Å². The number of hydrogen-bond donors (Lipinski definition) is 1. The number of aryl methyl sites for hydroxylation is 1. The molecule has 15 heavy (non-hydrogen) atoms. The molecule has 0 heterocycles. The monoisotopic (exact) mass is 215 g/mol. The molecule has 0 saturated carbocycles. The van der Waals surface area contributed by atoms with Crippen LogP contribution in [0.5, 0.6) is 5.75 Å². The van der Waals surface area contributed by atoms with Gasteiger partial charge in [-0.15, -0.1) is 0 Å². The molecule has 0 fully saturated rings. The van der Waals surface area contributed by atoms with Gasteiger partial charge < -0.3 is 10.5 Å². The lowest BCUT2D eigenvalue weighted by atomic mass is 10.1. The Morgan fingerprint density at radius 1 is 1.40 bits per heavy atom. The number of halogens is 2. The van der Waals surface area contributed by atoms with E-state index in [9.17, 15) is 8.78 Å². The lowest BCUT2D eigenvalue weighted by molar-refractivity contribution is 0.0815. The largest absolute Gasteiger partial charge is 0.487 e. The van der Waals surface area contributed by atoms with Crippen molar-refractivity contribution in [2.45, 2.75) is 26.3 Å². The Balaban J connectivity index is 2.75. The van der Waals surface area contributed by atoms with Crippen LogP contribution < -0.4 is 10.5 Å². The van der Waals surface area contributed by atoms with Crippen LogP contribution in [0.25, 0.3) is 0 Å². The van der Waals surface area contributed by atoms with Crippen LogP contribution in [0.4, 0.5) is 8.78 Å². The molecule has 0 aromatic heterocycles. The molecule has 1 rings (SSSR count). The Kier molecular flexibility index (Phi) is 4.03. The molecule has 0 aliphatic heterocycles. The fourth-order valence-electron chi connectivity index (χ4n) is 1.27. The van der Waals surface area contributed by atoms with Crippen LogP contribution in [0, 0.1) is 6.92 Å². The summed E-state index contributed by atoms with van der Waals surface area (Å²) in [6.45, 7) is 3.11. The Morgan fingerprint density at radius 2 is 2.07 bits per heavy atom. The van der Waals surface area contributed by atoms with Crippen molar-refractivity contribution >= 4 is 0 Å². The molecule has 1 atom stereocenters. The van der Waals surface area contributed by atoms with Crippen molar-refractivity contribution in [3.63, 3.8) is 0 Å². The van der Waals surface area contributed by atoms with Crippen molar-refractivity contribution in [3.05, 3.63) is 29.3 Å². The fourth-order valence-corrected chi connectivity index (χ4v) is 1.27. The molecule has 84 valence electrons. The van der Waals surface area contributed by atoms with Crippen molar-refractivity contribution in [3.8, 4) is 5.75 Å². The maximum absolute atomic E-state index is 11.9. The minimum absolute atomic E-state index is 0.0622. The van der Waals surface area contributed by atoms with E-state index in [0.717, 1.165) is 11.1 Å². The van der Waals surface area contributed by atoms with Gasteiger partial charge in [0.15, 0.2) is 0 Å². The number of rotatable bonds is 4. The summed E-state index contributed by atoms with van der Waals surface area (Å²) in [5.41, 5.74) is 7.49. The first-order valence-corrected chi connectivity index (χ1v) is 4.77. The van der Waals surface area contributed by atoms with E-state index in [-0.39, 0.29) is 6.04 Å². The summed E-state index contributed by atoms with van der Waals surface area (Å²) >= 11 is 0. The summed E-state index contributed by atoms with van der Waals surface area (Å²) in [5.74, 6) is 0.486. The van der Waals surface area contributed by atoms with Gasteiger partial charge in [0.2, 0.25) is 0 Å². The van der Waals surface area contributed by atoms with Gasteiger partial charge >= 0.3 is 0 Å². The molecule has 0 amide bonds. The highest BCUT2D eigenvalue weighted by molar-refractivity contribution is 5.37. The highest BCUT2D eigenvalue weighted by Crippen LogP contribution is 2.22. The summed E-state index contributed by atoms with van der Waals surface area (Å²) < 4.78 is 28.8. The number of benzene rings is 1. The zero-order valence-corrected chi connectivity index (χ0v) is 8.84. The van der Waals surface area contributed by atoms with Crippen LogP contribution in [-0.2, 0) is 0 Å². The Labute approximate surface area is 88.0 Å². The minimum Gasteiger partial charge on any atom is -0.487 e. The molecule has 0 unspecified atom stereocenters. The van der Waals surface area contributed by atoms with Crippen molar-refractivity contribution in [2.24, 2.45) is 5.73 Å². The summed E-state index contributed by atoms with van der Waals surface area (Å²) in [5, 5.41) is 0. The quantitative estimate of drug-likeness (QED) is 0.838. The number of alkyl halides is 2. The first-order valence-electron chi connectivity index (χ1n) is 4.77. The molecule has 0 spiro atoms. The first-order chi connectivity index (χ1) is 7.00. The molecule has 0 saturated heterocycles. The van der Waals surface area contributed by atoms with E-state index in [0.29, 0.717) is 5.75 Å². The standard InChI is InChI=1S/C11H15F2NO/c1-7-5-9(8(2)14)3-4-10(7)15-6-11(12)13/h3-5,8,11H,6,14H2,1-2H3/t8-/m0/s1. The molecule has 2 nitrogen and oxygen atoms in total. The molecule has 4 heteroatoms. The molecular formula is C11H15F2NO. The van der Waals surface area contributed by atoms with Crippen LogP contribution in [-0.4, -0.2) is 13.0 Å². The van der Waals surface area contributed by atoms with E-state index in [2.05, 4.69) is 0 Å². The molecule has 1 aromatic carbocycles. The van der Waals surface area contributed by atoms with E-state index < -0.39 is 13.0 Å². The van der Waals surface area contributed by atoms with E-state index in [4.69, 9.17) is 10.5 Å². The third-order valence-electron chi connectivity index (χ3n) is 2.09. The van der Waals surface area contributed by atoms with Crippen molar-refractivity contribution in [1.82, 2.24) is 0 Å². The van der Waals surface area contributed by atoms with Crippen LogP contribution in [0.3, 0.4) is 0 Å². The van der Waals surface area contributed by atoms with Gasteiger partial charge in [0.25, 0.3) is 6.43 Å². The smallest absolute Gasteiger partial charge is 0.272 e. The normalized spacial score (nSPS) is 12.9. The second-order valence-corrected chi connectivity index (χ2v) is 3.52. The topological polar surface area (TPSA) is 35.2 Å². The summed E-state index contributed by atoms with van der Waals surface area (Å²) in [7, 11) is 0. The third-order valence-corrected chi connectivity index (χ3v) is 2.09. The van der Waals surface area contributed by atoms with Gasteiger partial charge in [0, 0.05) is 6.04 Å². The molecule has 0 aliphatic rings. The summed E-state index contributed by atoms with van der Waals surface area (Å²) in [4.78, 5) is 0. The van der Waals surface area contributed by atoms with E-state index in [1.807, 2.05) is 19.9 Å². The van der Waals surface area contributed by atoms with Crippen LogP contribution in [0.1, 0.15) is 24.1 Å². The first kappa shape index (κ1) is 11.9. The molecule has 0 bridgehead atoms. The number of hydrogen-bond acceptors (Lipinski definition) is 2. The van der Waals surface area contributed by atoms with Crippen LogP contribution in [0.2, 0.25) is 0 Å². The van der Waals surface area contributed by atoms with Gasteiger partial charge in [-0.25, -0.2) is 8.78 Å². The molecule has 0 aliphatic carbocycles. The second-order valence-electron chi connectivity index (χ2n) is 3.52. The third kappa shape index (κ3) is 3.47. The highest BCUT2D eigenvalue weighted by Gasteiger charge is 2.07. The van der Waals surface area contributed by atoms with Gasteiger partial charge in [-0.1, -0.05) is 12.1 Å². The maximum Gasteiger partial charge on any atom is 0.272 e. The maximum atomic E-state index is 11.9. The van der Waals surface area contributed by atoms with Gasteiger partial charge in [-0.3, -0.25) is 0 Å². The number of ether oxygens (including phenoxy) is 1. The molecule has 0 radical (unpaired) electrons. The van der Waals surface area contributed by atoms with Crippen molar-refractivity contribution in [1.29, 1.82) is 0 Å². The Morgan fingerprint density at radius 3 is 2.53 bits per heavy atom. The van der Waals surface area contributed by atoms with Gasteiger partial charge in [-0.05, 0) is 31.0 Å². The summed E-state index contributed by atoms with van der Waals surface area (Å²) in [6, 6.07) is 5.26. The van der Waals surface area contributed by atoms with Crippen LogP contribution >= 0.6 is 0 Å². The number of nitrogens with two attached hydrogens (primary N) is 1. The predicted molar refractivity (Wildman–Crippen MR) is 55.3 cm³/mol. The van der Waals surface area contributed by atoms with E-state index in [1.54, 1.807) is 12.1 Å². The minimum atomic E-state index is -2.45. The molecule has 2 N–H and O–H groups in total. The van der Waals surface area contributed by atoms with Crippen molar-refractivity contribution < 1.29 is 13.5 Å². The lowest BCUT2D eigenvalue weighted by Gasteiger charge is -2.11. The summed E-state index contributed by atoms with van der Waals surface area (Å²) in [6.07, 6.45) is -2.45. The van der Waals surface area contributed by atoms with E-state index in [1.165, 1.54) is 0 Å². The predicted octanol–water partition coefficient (Wildman–Crippen LogP) is 2.66. The SMILES string of the molecule is Cc1cc([C@H](C)N)ccc1OCC(F)F. The fraction of sp³-hybridized carbons (Fsp3) is 0.455. The molecule has 1 aromatic rings. The van der Waals surface area contributed by atoms with Gasteiger partial charge in [0.1, 0.15) is 12.4 Å². The van der Waals surface area contributed by atoms with Crippen molar-refractivity contribution in [2.75, 3.05) is 6.61 Å². The Hall–Kier alpha value is -1.16. The molecular weight excluding hydrogens is 200 g/mol. The zero-order valence-electron chi connectivity index (χ0n) is 8.84.